The van der Waals surface area contributed by atoms with Crippen molar-refractivity contribution in [2.24, 2.45) is 0 Å². The molecule has 1 saturated heterocycles. The van der Waals surface area contributed by atoms with Gasteiger partial charge in [0.1, 0.15) is 0 Å². The van der Waals surface area contributed by atoms with Crippen molar-refractivity contribution in [3.8, 4) is 0 Å². The second-order valence-electron chi connectivity index (χ2n) is 3.67. The van der Waals surface area contributed by atoms with Crippen LogP contribution in [0.25, 0.3) is 0 Å². The van der Waals surface area contributed by atoms with Gasteiger partial charge < -0.3 is 15.4 Å². The van der Waals surface area contributed by atoms with Crippen LogP contribution in [0.15, 0.2) is 24.3 Å². The third kappa shape index (κ3) is 3.34. The molecule has 16 heavy (non-hydrogen) atoms. The summed E-state index contributed by atoms with van der Waals surface area (Å²) in [4.78, 5) is 11.6. The molecule has 86 valence electrons. The highest BCUT2D eigenvalue weighted by atomic mass is 127. The Morgan fingerprint density at radius 2 is 2.12 bits per heavy atom. The molecule has 1 aromatic carbocycles. The minimum Gasteiger partial charge on any atom is -0.379 e. The zero-order chi connectivity index (χ0) is 11.4. The molecule has 2 N–H and O–H groups in total. The van der Waals surface area contributed by atoms with Crippen LogP contribution in [-0.2, 0) is 4.74 Å². The summed E-state index contributed by atoms with van der Waals surface area (Å²) >= 11 is 2.23. The van der Waals surface area contributed by atoms with E-state index in [-0.39, 0.29) is 12.1 Å². The van der Waals surface area contributed by atoms with Gasteiger partial charge in [-0.3, -0.25) is 0 Å². The van der Waals surface area contributed by atoms with Gasteiger partial charge in [0, 0.05) is 15.9 Å². The van der Waals surface area contributed by atoms with Crippen molar-refractivity contribution in [1.29, 1.82) is 0 Å². The summed E-state index contributed by atoms with van der Waals surface area (Å²) in [6, 6.07) is 7.64. The molecule has 4 nitrogen and oxygen atoms in total. The molecule has 1 atom stereocenters. The fourth-order valence-electron chi connectivity index (χ4n) is 1.53. The van der Waals surface area contributed by atoms with Crippen molar-refractivity contribution >= 4 is 34.3 Å². The Kier molecular flexibility index (Phi) is 4.00. The first kappa shape index (κ1) is 11.7. The predicted octanol–water partition coefficient (Wildman–Crippen LogP) is 2.20. The van der Waals surface area contributed by atoms with Crippen LogP contribution in [-0.4, -0.2) is 25.3 Å². The highest BCUT2D eigenvalue weighted by Crippen LogP contribution is 2.11. The SMILES string of the molecule is O=C(Nc1ccc(I)cc1)NC1CCOC1. The Labute approximate surface area is 108 Å². The Morgan fingerprint density at radius 1 is 1.38 bits per heavy atom. The Balaban J connectivity index is 1.84. The van der Waals surface area contributed by atoms with Crippen LogP contribution in [0.3, 0.4) is 0 Å². The van der Waals surface area contributed by atoms with E-state index in [1.807, 2.05) is 24.3 Å². The van der Waals surface area contributed by atoms with Crippen LogP contribution in [0.4, 0.5) is 10.5 Å². The number of hydrogen-bond acceptors (Lipinski definition) is 2. The number of benzene rings is 1. The van der Waals surface area contributed by atoms with Gasteiger partial charge in [-0.15, -0.1) is 0 Å². The highest BCUT2D eigenvalue weighted by Gasteiger charge is 2.17. The van der Waals surface area contributed by atoms with Gasteiger partial charge in [-0.05, 0) is 53.3 Å². The number of nitrogens with one attached hydrogen (secondary N) is 2. The van der Waals surface area contributed by atoms with Crippen molar-refractivity contribution in [1.82, 2.24) is 5.32 Å². The van der Waals surface area contributed by atoms with Crippen molar-refractivity contribution in [2.45, 2.75) is 12.5 Å². The summed E-state index contributed by atoms with van der Waals surface area (Å²) in [5, 5.41) is 5.65. The predicted molar refractivity (Wildman–Crippen MR) is 70.5 cm³/mol. The third-order valence-corrected chi connectivity index (χ3v) is 3.09. The molecule has 1 aliphatic heterocycles. The number of carbonyl (C=O) groups is 1. The Hall–Kier alpha value is -0.820. The third-order valence-electron chi connectivity index (χ3n) is 2.37. The molecule has 0 radical (unpaired) electrons. The summed E-state index contributed by atoms with van der Waals surface area (Å²) in [6.07, 6.45) is 0.889. The number of carbonyl (C=O) groups excluding carboxylic acids is 1. The van der Waals surface area contributed by atoms with Gasteiger partial charge >= 0.3 is 6.03 Å². The van der Waals surface area contributed by atoms with Gasteiger partial charge in [-0.2, -0.15) is 0 Å². The molecule has 1 aromatic rings. The molecule has 0 saturated carbocycles. The zero-order valence-electron chi connectivity index (χ0n) is 8.70. The molecule has 0 bridgehead atoms. The average molecular weight is 332 g/mol. The fourth-order valence-corrected chi connectivity index (χ4v) is 1.89. The van der Waals surface area contributed by atoms with E-state index in [1.165, 1.54) is 0 Å². The second-order valence-corrected chi connectivity index (χ2v) is 4.91. The lowest BCUT2D eigenvalue weighted by molar-refractivity contribution is 0.189. The number of hydrogen-bond donors (Lipinski definition) is 2. The van der Waals surface area contributed by atoms with E-state index in [4.69, 9.17) is 4.74 Å². The van der Waals surface area contributed by atoms with Gasteiger partial charge in [0.15, 0.2) is 0 Å². The van der Waals surface area contributed by atoms with Crippen LogP contribution in [0.1, 0.15) is 6.42 Å². The summed E-state index contributed by atoms with van der Waals surface area (Å²) < 4.78 is 6.33. The Bertz CT molecular complexity index is 361. The maximum absolute atomic E-state index is 11.6. The topological polar surface area (TPSA) is 50.4 Å². The molecule has 0 aromatic heterocycles. The first-order valence-corrected chi connectivity index (χ1v) is 6.23. The van der Waals surface area contributed by atoms with Crippen LogP contribution in [0.5, 0.6) is 0 Å². The van der Waals surface area contributed by atoms with Gasteiger partial charge in [-0.25, -0.2) is 4.79 Å². The number of amides is 2. The van der Waals surface area contributed by atoms with E-state index in [2.05, 4.69) is 33.2 Å². The fraction of sp³-hybridized carbons (Fsp3) is 0.364. The van der Waals surface area contributed by atoms with E-state index in [9.17, 15) is 4.79 Å². The quantitative estimate of drug-likeness (QED) is 0.816. The number of anilines is 1. The smallest absolute Gasteiger partial charge is 0.319 e. The molecule has 1 fully saturated rings. The highest BCUT2D eigenvalue weighted by molar-refractivity contribution is 14.1. The molecule has 1 unspecified atom stereocenters. The minimum atomic E-state index is -0.170. The van der Waals surface area contributed by atoms with Crippen LogP contribution in [0, 0.1) is 3.57 Å². The van der Waals surface area contributed by atoms with Crippen LogP contribution < -0.4 is 10.6 Å². The lowest BCUT2D eigenvalue weighted by Gasteiger charge is -2.11. The molecular weight excluding hydrogens is 319 g/mol. The van der Waals surface area contributed by atoms with Crippen molar-refractivity contribution < 1.29 is 9.53 Å². The first-order valence-electron chi connectivity index (χ1n) is 5.15. The normalized spacial score (nSPS) is 19.4. The molecule has 1 heterocycles. The maximum Gasteiger partial charge on any atom is 0.319 e. The van der Waals surface area contributed by atoms with E-state index in [1.54, 1.807) is 0 Å². The summed E-state index contributed by atoms with van der Waals surface area (Å²) in [6.45, 7) is 1.34. The van der Waals surface area contributed by atoms with Gasteiger partial charge in [0.25, 0.3) is 0 Å². The van der Waals surface area contributed by atoms with E-state index in [0.717, 1.165) is 22.3 Å². The number of urea groups is 1. The molecule has 0 aliphatic carbocycles. The minimum absolute atomic E-state index is 0.142. The standard InChI is InChI=1S/C11H13IN2O2/c12-8-1-3-9(4-2-8)13-11(15)14-10-5-6-16-7-10/h1-4,10H,5-7H2,(H2,13,14,15). The summed E-state index contributed by atoms with van der Waals surface area (Å²) in [7, 11) is 0. The molecular formula is C11H13IN2O2. The Morgan fingerprint density at radius 3 is 2.75 bits per heavy atom. The van der Waals surface area contributed by atoms with E-state index >= 15 is 0 Å². The van der Waals surface area contributed by atoms with E-state index in [0.29, 0.717) is 6.61 Å². The van der Waals surface area contributed by atoms with Crippen molar-refractivity contribution in [3.63, 3.8) is 0 Å². The number of halogens is 1. The lowest BCUT2D eigenvalue weighted by atomic mass is 10.3. The van der Waals surface area contributed by atoms with Crippen molar-refractivity contribution in [3.05, 3.63) is 27.8 Å². The van der Waals surface area contributed by atoms with Crippen molar-refractivity contribution in [2.75, 3.05) is 18.5 Å². The number of ether oxygens (including phenoxy) is 1. The number of rotatable bonds is 2. The summed E-state index contributed by atoms with van der Waals surface area (Å²) in [5.41, 5.74) is 0.803. The first-order chi connectivity index (χ1) is 7.74. The summed E-state index contributed by atoms with van der Waals surface area (Å²) in [5.74, 6) is 0. The maximum atomic E-state index is 11.6. The lowest BCUT2D eigenvalue weighted by Crippen LogP contribution is -2.38. The second kappa shape index (κ2) is 5.49. The molecule has 0 spiro atoms. The molecule has 5 heteroatoms. The molecule has 1 aliphatic rings. The zero-order valence-corrected chi connectivity index (χ0v) is 10.9. The van der Waals surface area contributed by atoms with Gasteiger partial charge in [0.05, 0.1) is 12.6 Å². The van der Waals surface area contributed by atoms with E-state index < -0.39 is 0 Å². The largest absolute Gasteiger partial charge is 0.379 e. The van der Waals surface area contributed by atoms with Crippen LogP contribution in [0.2, 0.25) is 0 Å². The van der Waals surface area contributed by atoms with Gasteiger partial charge in [-0.1, -0.05) is 0 Å². The van der Waals surface area contributed by atoms with Gasteiger partial charge in [0.2, 0.25) is 0 Å². The average Bonchev–Trinajstić information content (AvgIpc) is 2.74. The molecule has 2 rings (SSSR count). The molecule has 2 amide bonds. The van der Waals surface area contributed by atoms with Crippen LogP contribution >= 0.6 is 22.6 Å². The monoisotopic (exact) mass is 332 g/mol.